The molecule has 15 heavy (non-hydrogen) atoms. The zero-order chi connectivity index (χ0) is 10.7. The van der Waals surface area contributed by atoms with E-state index in [9.17, 15) is 0 Å². The maximum Gasteiger partial charge on any atom is 0.0689 e. The Balaban J connectivity index is 2.17. The van der Waals surface area contributed by atoms with Crippen LogP contribution >= 0.6 is 0 Å². The van der Waals surface area contributed by atoms with Gasteiger partial charge in [0.15, 0.2) is 0 Å². The van der Waals surface area contributed by atoms with Crippen LogP contribution in [0.3, 0.4) is 0 Å². The Kier molecular flexibility index (Phi) is 3.38. The molecule has 4 heteroatoms. The van der Waals surface area contributed by atoms with Gasteiger partial charge in [0.1, 0.15) is 0 Å². The number of nitrogens with zero attached hydrogens (tertiary/aromatic N) is 2. The van der Waals surface area contributed by atoms with Crippen LogP contribution in [0, 0.1) is 0 Å². The summed E-state index contributed by atoms with van der Waals surface area (Å²) in [7, 11) is 1.93. The first-order valence-corrected chi connectivity index (χ1v) is 5.52. The Morgan fingerprint density at radius 1 is 1.53 bits per heavy atom. The normalized spacial score (nSPS) is 18.3. The summed E-state index contributed by atoms with van der Waals surface area (Å²) in [5.41, 5.74) is 2.35. The second-order valence-electron chi connectivity index (χ2n) is 4.07. The molecule has 1 aliphatic rings. The van der Waals surface area contributed by atoms with E-state index in [-0.39, 0.29) is 6.61 Å². The molecular weight excluding hydrogens is 192 g/mol. The summed E-state index contributed by atoms with van der Waals surface area (Å²) in [6.07, 6.45) is 4.83. The molecule has 0 aromatic carbocycles. The van der Waals surface area contributed by atoms with Gasteiger partial charge in [-0.25, -0.2) is 0 Å². The van der Waals surface area contributed by atoms with Crippen LogP contribution in [-0.2, 0) is 18.2 Å². The number of rotatable bonds is 3. The van der Waals surface area contributed by atoms with E-state index >= 15 is 0 Å². The van der Waals surface area contributed by atoms with Gasteiger partial charge in [0.25, 0.3) is 0 Å². The van der Waals surface area contributed by atoms with Crippen molar-refractivity contribution in [3.63, 3.8) is 0 Å². The van der Waals surface area contributed by atoms with Crippen molar-refractivity contribution in [3.05, 3.63) is 17.5 Å². The van der Waals surface area contributed by atoms with Crippen LogP contribution in [0.25, 0.3) is 0 Å². The van der Waals surface area contributed by atoms with Crippen molar-refractivity contribution < 1.29 is 9.84 Å². The molecule has 1 N–H and O–H groups in total. The number of aliphatic hydroxyl groups is 1. The summed E-state index contributed by atoms with van der Waals surface area (Å²) < 4.78 is 7.19. The van der Waals surface area contributed by atoms with Crippen molar-refractivity contribution in [2.24, 2.45) is 7.05 Å². The average molecular weight is 210 g/mol. The molecule has 0 atom stereocenters. The average Bonchev–Trinajstić information content (AvgIpc) is 2.62. The van der Waals surface area contributed by atoms with E-state index < -0.39 is 0 Å². The lowest BCUT2D eigenvalue weighted by Gasteiger charge is -2.21. The van der Waals surface area contributed by atoms with Gasteiger partial charge < -0.3 is 9.84 Å². The first-order chi connectivity index (χ1) is 7.31. The zero-order valence-corrected chi connectivity index (χ0v) is 9.15. The molecular formula is C11H18N2O2. The van der Waals surface area contributed by atoms with E-state index in [4.69, 9.17) is 9.84 Å². The molecule has 84 valence electrons. The molecule has 2 rings (SSSR count). The van der Waals surface area contributed by atoms with Crippen LogP contribution in [0.4, 0.5) is 0 Å². The van der Waals surface area contributed by atoms with E-state index in [1.807, 2.05) is 17.9 Å². The second kappa shape index (κ2) is 4.77. The number of aromatic nitrogens is 2. The van der Waals surface area contributed by atoms with Crippen LogP contribution in [0.2, 0.25) is 0 Å². The lowest BCUT2D eigenvalue weighted by molar-refractivity contribution is 0.0842. The monoisotopic (exact) mass is 210 g/mol. The summed E-state index contributed by atoms with van der Waals surface area (Å²) in [6, 6.07) is 0. The van der Waals surface area contributed by atoms with Gasteiger partial charge in [-0.3, -0.25) is 4.68 Å². The minimum atomic E-state index is 0.196. The fourth-order valence-corrected chi connectivity index (χ4v) is 2.18. The number of aryl methyl sites for hydroxylation is 1. The van der Waals surface area contributed by atoms with E-state index in [1.165, 1.54) is 5.56 Å². The fraction of sp³-hybridized carbons (Fsp3) is 0.727. The van der Waals surface area contributed by atoms with Gasteiger partial charge in [-0.2, -0.15) is 5.10 Å². The minimum absolute atomic E-state index is 0.196. The SMILES string of the molecule is Cn1cc(CCO)c(C2CCOCC2)n1. The molecule has 1 saturated heterocycles. The quantitative estimate of drug-likeness (QED) is 0.804. The Hall–Kier alpha value is -0.870. The second-order valence-corrected chi connectivity index (χ2v) is 4.07. The van der Waals surface area contributed by atoms with Gasteiger partial charge in [0, 0.05) is 39.0 Å². The first kappa shape index (κ1) is 10.6. The van der Waals surface area contributed by atoms with Crippen LogP contribution < -0.4 is 0 Å². The topological polar surface area (TPSA) is 47.3 Å². The van der Waals surface area contributed by atoms with Crippen LogP contribution in [0.15, 0.2) is 6.20 Å². The maximum atomic E-state index is 8.99. The van der Waals surface area contributed by atoms with E-state index in [1.54, 1.807) is 0 Å². The number of aliphatic hydroxyl groups excluding tert-OH is 1. The summed E-state index contributed by atoms with van der Waals surface area (Å²) in [5, 5.41) is 13.5. The Morgan fingerprint density at radius 2 is 2.27 bits per heavy atom. The number of ether oxygens (including phenoxy) is 1. The van der Waals surface area contributed by atoms with Crippen LogP contribution in [0.5, 0.6) is 0 Å². The minimum Gasteiger partial charge on any atom is -0.396 e. The predicted octanol–water partition coefficient (Wildman–Crippen LogP) is 0.849. The molecule has 0 bridgehead atoms. The molecule has 1 fully saturated rings. The molecule has 0 radical (unpaired) electrons. The Labute approximate surface area is 89.9 Å². The third kappa shape index (κ3) is 2.38. The number of hydrogen-bond acceptors (Lipinski definition) is 3. The third-order valence-electron chi connectivity index (χ3n) is 2.93. The molecule has 0 spiro atoms. The Morgan fingerprint density at radius 3 is 2.93 bits per heavy atom. The highest BCUT2D eigenvalue weighted by atomic mass is 16.5. The van der Waals surface area contributed by atoms with Crippen molar-refractivity contribution >= 4 is 0 Å². The predicted molar refractivity (Wildman–Crippen MR) is 56.8 cm³/mol. The standard InChI is InChI=1S/C11H18N2O2/c1-13-8-10(2-5-14)11(12-13)9-3-6-15-7-4-9/h8-9,14H,2-7H2,1H3. The molecule has 0 aliphatic carbocycles. The molecule has 2 heterocycles. The fourth-order valence-electron chi connectivity index (χ4n) is 2.18. The number of hydrogen-bond donors (Lipinski definition) is 1. The smallest absolute Gasteiger partial charge is 0.0689 e. The van der Waals surface area contributed by atoms with Crippen molar-refractivity contribution in [2.75, 3.05) is 19.8 Å². The van der Waals surface area contributed by atoms with Gasteiger partial charge in [0.2, 0.25) is 0 Å². The molecule has 1 aliphatic heterocycles. The van der Waals surface area contributed by atoms with Crippen molar-refractivity contribution in [1.82, 2.24) is 9.78 Å². The van der Waals surface area contributed by atoms with E-state index in [0.29, 0.717) is 12.3 Å². The van der Waals surface area contributed by atoms with Crippen LogP contribution in [0.1, 0.15) is 30.0 Å². The zero-order valence-electron chi connectivity index (χ0n) is 9.15. The summed E-state index contributed by atoms with van der Waals surface area (Å²) in [4.78, 5) is 0. The molecule has 1 aromatic heterocycles. The van der Waals surface area contributed by atoms with Crippen LogP contribution in [-0.4, -0.2) is 34.7 Å². The molecule has 4 nitrogen and oxygen atoms in total. The van der Waals surface area contributed by atoms with Gasteiger partial charge in [-0.05, 0) is 24.8 Å². The maximum absolute atomic E-state index is 8.99. The summed E-state index contributed by atoms with van der Waals surface area (Å²) >= 11 is 0. The van der Waals surface area contributed by atoms with Gasteiger partial charge in [0.05, 0.1) is 5.69 Å². The van der Waals surface area contributed by atoms with Crippen molar-refractivity contribution in [3.8, 4) is 0 Å². The summed E-state index contributed by atoms with van der Waals surface area (Å²) in [5.74, 6) is 0.515. The molecule has 0 saturated carbocycles. The van der Waals surface area contributed by atoms with Gasteiger partial charge in [-0.15, -0.1) is 0 Å². The van der Waals surface area contributed by atoms with Gasteiger partial charge >= 0.3 is 0 Å². The van der Waals surface area contributed by atoms with E-state index in [2.05, 4.69) is 5.10 Å². The van der Waals surface area contributed by atoms with E-state index in [0.717, 1.165) is 31.7 Å². The highest BCUT2D eigenvalue weighted by molar-refractivity contribution is 5.21. The third-order valence-corrected chi connectivity index (χ3v) is 2.93. The van der Waals surface area contributed by atoms with Crippen molar-refractivity contribution in [2.45, 2.75) is 25.2 Å². The molecule has 0 unspecified atom stereocenters. The lowest BCUT2D eigenvalue weighted by atomic mass is 9.93. The lowest BCUT2D eigenvalue weighted by Crippen LogP contribution is -2.16. The van der Waals surface area contributed by atoms with Crippen molar-refractivity contribution in [1.29, 1.82) is 0 Å². The molecule has 1 aromatic rings. The largest absolute Gasteiger partial charge is 0.396 e. The summed E-state index contributed by atoms with van der Waals surface area (Å²) in [6.45, 7) is 1.86. The first-order valence-electron chi connectivity index (χ1n) is 5.52. The highest BCUT2D eigenvalue weighted by Gasteiger charge is 2.21. The highest BCUT2D eigenvalue weighted by Crippen LogP contribution is 2.28. The molecule has 0 amide bonds. The Bertz CT molecular complexity index is 316. The van der Waals surface area contributed by atoms with Gasteiger partial charge in [-0.1, -0.05) is 0 Å².